The van der Waals surface area contributed by atoms with Gasteiger partial charge in [-0.1, -0.05) is 0 Å². The van der Waals surface area contributed by atoms with Crippen molar-refractivity contribution in [2.45, 2.75) is 48.8 Å². The predicted octanol–water partition coefficient (Wildman–Crippen LogP) is -10.0. The van der Waals surface area contributed by atoms with Crippen LogP contribution in [0.4, 0.5) is 0 Å². The molecule has 0 aliphatic heterocycles. The fourth-order valence-corrected chi connectivity index (χ4v) is 1.32. The Morgan fingerprint density at radius 1 is 0.593 bits per heavy atom. The zero-order valence-corrected chi connectivity index (χ0v) is 15.3. The van der Waals surface area contributed by atoms with E-state index in [4.69, 9.17) is 51.1 Å². The summed E-state index contributed by atoms with van der Waals surface area (Å²) in [5.41, 5.74) is 0. The Labute approximate surface area is 168 Å². The summed E-state index contributed by atoms with van der Waals surface area (Å²) >= 11 is 0. The fraction of sp³-hybridized carbons (Fsp3) is 0.833. The van der Waals surface area contributed by atoms with Gasteiger partial charge in [-0.15, -0.1) is 0 Å². The minimum absolute atomic E-state index is 0. The fourth-order valence-electron chi connectivity index (χ4n) is 1.32. The molecule has 0 aliphatic rings. The first-order valence-electron chi connectivity index (χ1n) is 6.91. The first-order chi connectivity index (χ1) is 11.8. The Morgan fingerprint density at radius 2 is 0.815 bits per heavy atom. The molecule has 4 unspecified atom stereocenters. The zero-order chi connectivity index (χ0) is 21.2. The SMILES string of the molecule is O=C([O-])C(O)C(O)C(O)C(O)CO.O=C([O-])[C@H](O)[C@@H](O)[C@H](O)[C@H](O)CO.[Mg+2]. The maximum Gasteiger partial charge on any atom is 2.00 e. The largest absolute Gasteiger partial charge is 2.00 e. The summed E-state index contributed by atoms with van der Waals surface area (Å²) in [6.45, 7) is -1.73. The molecule has 0 saturated carbocycles. The third-order valence-electron chi connectivity index (χ3n) is 2.99. The topological polar surface area (TPSA) is 283 Å². The molecule has 0 aliphatic carbocycles. The summed E-state index contributed by atoms with van der Waals surface area (Å²) < 4.78 is 0. The molecule has 0 fully saturated rings. The van der Waals surface area contributed by atoms with E-state index in [-0.39, 0.29) is 23.1 Å². The van der Waals surface area contributed by atoms with Gasteiger partial charge in [-0.05, 0) is 0 Å². The van der Waals surface area contributed by atoms with Crippen LogP contribution < -0.4 is 10.2 Å². The van der Waals surface area contributed by atoms with E-state index in [1.165, 1.54) is 0 Å². The molecule has 8 atom stereocenters. The predicted molar refractivity (Wildman–Crippen MR) is 78.0 cm³/mol. The Morgan fingerprint density at radius 3 is 0.963 bits per heavy atom. The molecular formula is C12H22MgO14. The molecule has 15 heteroatoms. The number of aliphatic carboxylic acids is 2. The second kappa shape index (κ2) is 15.3. The normalized spacial score (nSPS) is 19.6. The van der Waals surface area contributed by atoms with Crippen molar-refractivity contribution in [1.29, 1.82) is 0 Å². The van der Waals surface area contributed by atoms with Crippen LogP contribution in [0.5, 0.6) is 0 Å². The molecule has 0 saturated heterocycles. The quantitative estimate of drug-likeness (QED) is 0.148. The van der Waals surface area contributed by atoms with E-state index in [0.29, 0.717) is 0 Å². The standard InChI is InChI=1S/2C6H12O7.Mg/c2*7-1-2(8)3(9)4(10)5(11)6(12)13;/h2*2-5,7-11H,1H2,(H,12,13);/q;;+2/p-2/t2-,3-,4+,5-;;/m1../s1. The monoisotopic (exact) mass is 414 g/mol. The molecule has 0 bridgehead atoms. The van der Waals surface area contributed by atoms with E-state index in [2.05, 4.69) is 0 Å². The van der Waals surface area contributed by atoms with Crippen molar-refractivity contribution in [2.75, 3.05) is 13.2 Å². The number of rotatable bonds is 10. The maximum atomic E-state index is 9.98. The van der Waals surface area contributed by atoms with Gasteiger partial charge in [0, 0.05) is 0 Å². The molecule has 0 heterocycles. The van der Waals surface area contributed by atoms with Gasteiger partial charge in [0.25, 0.3) is 0 Å². The molecular weight excluding hydrogens is 392 g/mol. The summed E-state index contributed by atoms with van der Waals surface area (Å²) in [5.74, 6) is -3.95. The van der Waals surface area contributed by atoms with Gasteiger partial charge < -0.3 is 70.9 Å². The third-order valence-corrected chi connectivity index (χ3v) is 2.99. The minimum Gasteiger partial charge on any atom is -0.547 e. The second-order valence-electron chi connectivity index (χ2n) is 4.99. The Balaban J connectivity index is -0.000000411. The van der Waals surface area contributed by atoms with Crippen LogP contribution in [0.15, 0.2) is 0 Å². The molecule has 10 N–H and O–H groups in total. The molecule has 0 amide bonds. The third kappa shape index (κ3) is 11.0. The number of carbonyl (C=O) groups excluding carboxylic acids is 2. The van der Waals surface area contributed by atoms with Gasteiger partial charge in [0.1, 0.15) is 48.8 Å². The molecule has 0 aromatic carbocycles. The number of aliphatic hydroxyl groups is 10. The Bertz CT molecular complexity index is 385. The molecule has 0 spiro atoms. The summed E-state index contributed by atoms with van der Waals surface area (Å²) in [6, 6.07) is 0. The number of hydrogen-bond donors (Lipinski definition) is 10. The summed E-state index contributed by atoms with van der Waals surface area (Å²) in [6.07, 6.45) is -16.2. The Hall–Kier alpha value is -0.694. The van der Waals surface area contributed by atoms with Gasteiger partial charge in [0.05, 0.1) is 25.2 Å². The van der Waals surface area contributed by atoms with Crippen LogP contribution in [0.25, 0.3) is 0 Å². The van der Waals surface area contributed by atoms with Crippen LogP contribution in [-0.4, -0.2) is 148 Å². The van der Waals surface area contributed by atoms with Crippen LogP contribution in [0.2, 0.25) is 0 Å². The van der Waals surface area contributed by atoms with E-state index < -0.39 is 74.0 Å². The van der Waals surface area contributed by atoms with Crippen molar-refractivity contribution in [3.63, 3.8) is 0 Å². The van der Waals surface area contributed by atoms with Crippen molar-refractivity contribution in [3.05, 3.63) is 0 Å². The van der Waals surface area contributed by atoms with E-state index in [9.17, 15) is 19.8 Å². The minimum atomic E-state index is -2.31. The van der Waals surface area contributed by atoms with Gasteiger partial charge in [0.2, 0.25) is 0 Å². The molecule has 27 heavy (non-hydrogen) atoms. The number of aliphatic hydroxyl groups excluding tert-OH is 10. The van der Waals surface area contributed by atoms with E-state index in [1.54, 1.807) is 0 Å². The van der Waals surface area contributed by atoms with Gasteiger partial charge >= 0.3 is 23.1 Å². The molecule has 0 rings (SSSR count). The van der Waals surface area contributed by atoms with Crippen LogP contribution in [0.1, 0.15) is 0 Å². The first-order valence-corrected chi connectivity index (χ1v) is 6.91. The van der Waals surface area contributed by atoms with Crippen molar-refractivity contribution in [1.82, 2.24) is 0 Å². The smallest absolute Gasteiger partial charge is 0.547 e. The van der Waals surface area contributed by atoms with Gasteiger partial charge in [-0.2, -0.15) is 0 Å². The molecule has 0 aromatic heterocycles. The van der Waals surface area contributed by atoms with Gasteiger partial charge in [0.15, 0.2) is 0 Å². The van der Waals surface area contributed by atoms with Crippen molar-refractivity contribution >= 4 is 35.0 Å². The number of carbonyl (C=O) groups is 2. The van der Waals surface area contributed by atoms with Gasteiger partial charge in [-0.25, -0.2) is 0 Å². The summed E-state index contributed by atoms with van der Waals surface area (Å²) in [4.78, 5) is 20.0. The van der Waals surface area contributed by atoms with Gasteiger partial charge in [-0.3, -0.25) is 0 Å². The van der Waals surface area contributed by atoms with Crippen molar-refractivity contribution in [3.8, 4) is 0 Å². The molecule has 0 radical (unpaired) electrons. The number of carboxylic acid groups (broad SMARTS) is 2. The number of hydrogen-bond acceptors (Lipinski definition) is 14. The summed E-state index contributed by atoms with van der Waals surface area (Å²) in [7, 11) is 0. The maximum absolute atomic E-state index is 9.98. The van der Waals surface area contributed by atoms with Crippen LogP contribution in [0, 0.1) is 0 Å². The molecule has 14 nitrogen and oxygen atoms in total. The van der Waals surface area contributed by atoms with E-state index >= 15 is 0 Å². The average molecular weight is 415 g/mol. The van der Waals surface area contributed by atoms with Crippen LogP contribution >= 0.6 is 0 Å². The van der Waals surface area contributed by atoms with Crippen molar-refractivity contribution in [2.24, 2.45) is 0 Å². The average Bonchev–Trinajstić information content (AvgIpc) is 2.62. The van der Waals surface area contributed by atoms with Crippen molar-refractivity contribution < 1.29 is 70.9 Å². The molecule has 0 aromatic rings. The van der Waals surface area contributed by atoms with Crippen LogP contribution in [-0.2, 0) is 9.59 Å². The zero-order valence-electron chi connectivity index (χ0n) is 13.8. The first kappa shape index (κ1) is 31.0. The van der Waals surface area contributed by atoms with E-state index in [0.717, 1.165) is 0 Å². The second-order valence-corrected chi connectivity index (χ2v) is 4.99. The molecule has 156 valence electrons. The summed E-state index contributed by atoms with van der Waals surface area (Å²) in [5, 5.41) is 107. The van der Waals surface area contributed by atoms with E-state index in [1.807, 2.05) is 0 Å². The number of carboxylic acids is 2. The van der Waals surface area contributed by atoms with Crippen LogP contribution in [0.3, 0.4) is 0 Å². The Kier molecular flexibility index (Phi) is 17.5.